The van der Waals surface area contributed by atoms with Crippen LogP contribution in [-0.4, -0.2) is 45.2 Å². The molecule has 116 valence electrons. The molecule has 1 aliphatic heterocycles. The highest BCUT2D eigenvalue weighted by atomic mass is 19.3. The minimum Gasteiger partial charge on any atom is -0.328 e. The third-order valence-electron chi connectivity index (χ3n) is 3.90. The van der Waals surface area contributed by atoms with Gasteiger partial charge < -0.3 is 4.90 Å². The Kier molecular flexibility index (Phi) is 4.13. The summed E-state index contributed by atoms with van der Waals surface area (Å²) in [4.78, 5) is 13.9. The van der Waals surface area contributed by atoms with Gasteiger partial charge in [-0.2, -0.15) is 15.4 Å². The first-order chi connectivity index (χ1) is 10.7. The fourth-order valence-corrected chi connectivity index (χ4v) is 2.78. The lowest BCUT2D eigenvalue weighted by Gasteiger charge is -2.34. The number of likely N-dealkylation sites (tertiary alicyclic amines) is 1. The second-order valence-corrected chi connectivity index (χ2v) is 5.28. The highest BCUT2D eigenvalue weighted by Crippen LogP contribution is 2.26. The lowest BCUT2D eigenvalue weighted by Crippen LogP contribution is -2.47. The molecule has 3 rings (SSSR count). The number of piperidine rings is 1. The van der Waals surface area contributed by atoms with E-state index >= 15 is 0 Å². The number of amides is 1. The van der Waals surface area contributed by atoms with Crippen LogP contribution in [0.3, 0.4) is 0 Å². The smallest absolute Gasteiger partial charge is 0.277 e. The van der Waals surface area contributed by atoms with Crippen LogP contribution in [0.5, 0.6) is 0 Å². The van der Waals surface area contributed by atoms with Crippen LogP contribution in [0.1, 0.15) is 29.8 Å². The van der Waals surface area contributed by atoms with Crippen molar-refractivity contribution in [3.8, 4) is 11.3 Å². The number of H-pyrrole nitrogens is 1. The maximum Gasteiger partial charge on any atom is 0.277 e. The normalized spacial score (nSPS) is 18.7. The van der Waals surface area contributed by atoms with Crippen molar-refractivity contribution in [3.63, 3.8) is 0 Å². The molecule has 7 heteroatoms. The van der Waals surface area contributed by atoms with Crippen molar-refractivity contribution < 1.29 is 13.6 Å². The summed E-state index contributed by atoms with van der Waals surface area (Å²) in [5.41, 5.74) is 1.22. The fraction of sp³-hybridized carbons (Fsp3) is 0.400. The van der Waals surface area contributed by atoms with E-state index in [2.05, 4.69) is 15.4 Å². The Balaban J connectivity index is 1.91. The van der Waals surface area contributed by atoms with Gasteiger partial charge in [0.05, 0.1) is 6.04 Å². The summed E-state index contributed by atoms with van der Waals surface area (Å²) in [7, 11) is 0. The molecule has 0 bridgehead atoms. The summed E-state index contributed by atoms with van der Waals surface area (Å²) < 4.78 is 26.3. The van der Waals surface area contributed by atoms with Gasteiger partial charge in [0.25, 0.3) is 12.3 Å². The zero-order chi connectivity index (χ0) is 15.5. The number of aromatic amines is 1. The molecular formula is C15H16F2N4O. The number of hydrogen-bond acceptors (Lipinski definition) is 3. The summed E-state index contributed by atoms with van der Waals surface area (Å²) in [6, 6.07) is 8.05. The number of alkyl halides is 2. The standard InChI is InChI=1S/C15H16F2N4O/c16-14(17)11-8-4-5-9-21(11)15(22)13-12(18-20-19-13)10-6-2-1-3-7-10/h1-3,6-7,11,14H,4-5,8-9H2,(H,18,19,20). The van der Waals surface area contributed by atoms with Crippen molar-refractivity contribution in [2.24, 2.45) is 0 Å². The van der Waals surface area contributed by atoms with Crippen molar-refractivity contribution in [3.05, 3.63) is 36.0 Å². The topological polar surface area (TPSA) is 61.9 Å². The Morgan fingerprint density at radius 3 is 2.73 bits per heavy atom. The van der Waals surface area contributed by atoms with Gasteiger partial charge in [-0.1, -0.05) is 30.3 Å². The van der Waals surface area contributed by atoms with Crippen molar-refractivity contribution in [1.82, 2.24) is 20.3 Å². The molecule has 0 saturated carbocycles. The molecule has 1 amide bonds. The van der Waals surface area contributed by atoms with Gasteiger partial charge in [0.1, 0.15) is 5.69 Å². The van der Waals surface area contributed by atoms with Crippen LogP contribution in [0.15, 0.2) is 30.3 Å². The highest BCUT2D eigenvalue weighted by Gasteiger charge is 2.35. The van der Waals surface area contributed by atoms with Crippen LogP contribution in [-0.2, 0) is 0 Å². The van der Waals surface area contributed by atoms with E-state index in [1.54, 1.807) is 12.1 Å². The third kappa shape index (κ3) is 2.70. The molecule has 1 fully saturated rings. The van der Waals surface area contributed by atoms with E-state index in [-0.39, 0.29) is 5.69 Å². The SMILES string of the molecule is O=C(c1n[nH]nc1-c1ccccc1)N1CCCCC1C(F)F. The number of halogens is 2. The molecular weight excluding hydrogens is 290 g/mol. The summed E-state index contributed by atoms with van der Waals surface area (Å²) in [5.74, 6) is -0.488. The maximum atomic E-state index is 13.2. The monoisotopic (exact) mass is 306 g/mol. The molecule has 1 N–H and O–H groups in total. The molecule has 0 spiro atoms. The van der Waals surface area contributed by atoms with Gasteiger partial charge in [0.2, 0.25) is 0 Å². The molecule has 2 aromatic rings. The minimum atomic E-state index is -2.55. The molecule has 2 heterocycles. The van der Waals surface area contributed by atoms with E-state index in [0.717, 1.165) is 12.0 Å². The molecule has 1 aromatic carbocycles. The van der Waals surface area contributed by atoms with Gasteiger partial charge in [-0.3, -0.25) is 4.79 Å². The van der Waals surface area contributed by atoms with E-state index in [4.69, 9.17) is 0 Å². The Bertz CT molecular complexity index is 644. The van der Waals surface area contributed by atoms with E-state index < -0.39 is 18.4 Å². The van der Waals surface area contributed by atoms with Crippen molar-refractivity contribution in [1.29, 1.82) is 0 Å². The maximum absolute atomic E-state index is 13.2. The number of hydrogen-bond donors (Lipinski definition) is 1. The summed E-state index contributed by atoms with van der Waals surface area (Å²) in [6.45, 7) is 0.328. The van der Waals surface area contributed by atoms with Gasteiger partial charge in [0, 0.05) is 12.1 Å². The number of benzene rings is 1. The molecule has 5 nitrogen and oxygen atoms in total. The predicted molar refractivity (Wildman–Crippen MR) is 76.5 cm³/mol. The minimum absolute atomic E-state index is 0.0961. The van der Waals surface area contributed by atoms with E-state index in [1.807, 2.05) is 18.2 Å². The first kappa shape index (κ1) is 14.6. The average Bonchev–Trinajstić information content (AvgIpc) is 3.04. The molecule has 1 saturated heterocycles. The number of rotatable bonds is 3. The Morgan fingerprint density at radius 2 is 2.00 bits per heavy atom. The molecule has 1 atom stereocenters. The molecule has 0 radical (unpaired) electrons. The zero-order valence-corrected chi connectivity index (χ0v) is 11.9. The molecule has 1 aromatic heterocycles. The second kappa shape index (κ2) is 6.21. The van der Waals surface area contributed by atoms with Gasteiger partial charge in [-0.05, 0) is 19.3 Å². The first-order valence-electron chi connectivity index (χ1n) is 7.24. The van der Waals surface area contributed by atoms with Gasteiger partial charge in [-0.15, -0.1) is 0 Å². The van der Waals surface area contributed by atoms with Crippen molar-refractivity contribution in [2.75, 3.05) is 6.54 Å². The second-order valence-electron chi connectivity index (χ2n) is 5.28. The molecule has 22 heavy (non-hydrogen) atoms. The van der Waals surface area contributed by atoms with Crippen LogP contribution >= 0.6 is 0 Å². The van der Waals surface area contributed by atoms with Crippen LogP contribution in [0.4, 0.5) is 8.78 Å². The Labute approximate surface area is 126 Å². The highest BCUT2D eigenvalue weighted by molar-refractivity contribution is 5.98. The lowest BCUT2D eigenvalue weighted by molar-refractivity contribution is 0.00655. The number of carbonyl (C=O) groups excluding carboxylic acids is 1. The fourth-order valence-electron chi connectivity index (χ4n) is 2.78. The number of nitrogens with one attached hydrogen (secondary N) is 1. The first-order valence-corrected chi connectivity index (χ1v) is 7.24. The molecule has 1 unspecified atom stereocenters. The van der Waals surface area contributed by atoms with E-state index in [9.17, 15) is 13.6 Å². The molecule has 0 aliphatic carbocycles. The van der Waals surface area contributed by atoms with Crippen molar-refractivity contribution in [2.45, 2.75) is 31.7 Å². The largest absolute Gasteiger partial charge is 0.328 e. The number of carbonyl (C=O) groups is 1. The van der Waals surface area contributed by atoms with E-state index in [0.29, 0.717) is 25.1 Å². The van der Waals surface area contributed by atoms with Crippen LogP contribution in [0, 0.1) is 0 Å². The van der Waals surface area contributed by atoms with Gasteiger partial charge in [-0.25, -0.2) is 8.78 Å². The summed E-state index contributed by atoms with van der Waals surface area (Å²) in [5, 5.41) is 10.3. The van der Waals surface area contributed by atoms with Gasteiger partial charge in [0.15, 0.2) is 5.69 Å². The number of aromatic nitrogens is 3. The summed E-state index contributed by atoms with van der Waals surface area (Å²) in [6.07, 6.45) is -0.783. The van der Waals surface area contributed by atoms with Crippen LogP contribution in [0.2, 0.25) is 0 Å². The average molecular weight is 306 g/mol. The number of nitrogens with zero attached hydrogens (tertiary/aromatic N) is 3. The van der Waals surface area contributed by atoms with Crippen LogP contribution in [0.25, 0.3) is 11.3 Å². The quantitative estimate of drug-likeness (QED) is 0.948. The van der Waals surface area contributed by atoms with E-state index in [1.165, 1.54) is 4.90 Å². The zero-order valence-electron chi connectivity index (χ0n) is 11.9. The Morgan fingerprint density at radius 1 is 1.23 bits per heavy atom. The van der Waals surface area contributed by atoms with Gasteiger partial charge >= 0.3 is 0 Å². The lowest BCUT2D eigenvalue weighted by atomic mass is 10.0. The summed E-state index contributed by atoms with van der Waals surface area (Å²) >= 11 is 0. The van der Waals surface area contributed by atoms with Crippen molar-refractivity contribution >= 4 is 5.91 Å². The molecule has 1 aliphatic rings. The third-order valence-corrected chi connectivity index (χ3v) is 3.90. The Hall–Kier alpha value is -2.31. The predicted octanol–water partition coefficient (Wildman–Crippen LogP) is 2.73. The van der Waals surface area contributed by atoms with Crippen LogP contribution < -0.4 is 0 Å².